The van der Waals surface area contributed by atoms with Crippen LogP contribution in [0, 0.1) is 0 Å². The lowest BCUT2D eigenvalue weighted by Gasteiger charge is -2.28. The van der Waals surface area contributed by atoms with E-state index in [1.54, 1.807) is 0 Å². The van der Waals surface area contributed by atoms with Gasteiger partial charge in [0.05, 0.1) is 0 Å². The first-order valence-corrected chi connectivity index (χ1v) is 8.33. The van der Waals surface area contributed by atoms with E-state index >= 15 is 0 Å². The van der Waals surface area contributed by atoms with Crippen molar-refractivity contribution in [2.75, 3.05) is 5.75 Å². The van der Waals surface area contributed by atoms with Crippen molar-refractivity contribution in [2.24, 2.45) is 0 Å². The van der Waals surface area contributed by atoms with Crippen LogP contribution in [0.4, 0.5) is 0 Å². The van der Waals surface area contributed by atoms with E-state index in [1.165, 1.54) is 21.8 Å². The van der Waals surface area contributed by atoms with Crippen LogP contribution in [0.15, 0.2) is 41.8 Å². The Morgan fingerprint density at radius 1 is 1.22 bits per heavy atom. The van der Waals surface area contributed by atoms with E-state index < -0.39 is 0 Å². The van der Waals surface area contributed by atoms with E-state index in [9.17, 15) is 0 Å². The zero-order valence-corrected chi connectivity index (χ0v) is 12.1. The third kappa shape index (κ3) is 2.48. The predicted octanol–water partition coefficient (Wildman–Crippen LogP) is 4.39. The summed E-state index contributed by atoms with van der Waals surface area (Å²) in [4.78, 5) is 1.42. The fourth-order valence-electron chi connectivity index (χ4n) is 2.44. The SMILES string of the molecule is C[C@@H](NC1CSCc2ccccc21)c1cccs1. The van der Waals surface area contributed by atoms with E-state index in [4.69, 9.17) is 0 Å². The first kappa shape index (κ1) is 12.3. The van der Waals surface area contributed by atoms with Crippen molar-refractivity contribution < 1.29 is 0 Å². The fourth-order valence-corrected chi connectivity index (χ4v) is 4.30. The minimum Gasteiger partial charge on any atom is -0.302 e. The van der Waals surface area contributed by atoms with Crippen molar-refractivity contribution in [3.05, 3.63) is 57.8 Å². The van der Waals surface area contributed by atoms with E-state index in [0.29, 0.717) is 12.1 Å². The van der Waals surface area contributed by atoms with Gasteiger partial charge in [-0.05, 0) is 29.5 Å². The average molecular weight is 275 g/mol. The molecule has 3 rings (SSSR count). The summed E-state index contributed by atoms with van der Waals surface area (Å²) in [5.41, 5.74) is 2.98. The molecule has 1 aliphatic rings. The van der Waals surface area contributed by atoms with E-state index in [2.05, 4.69) is 54.0 Å². The Kier molecular flexibility index (Phi) is 3.73. The van der Waals surface area contributed by atoms with Gasteiger partial charge < -0.3 is 5.32 Å². The van der Waals surface area contributed by atoms with Crippen LogP contribution in [0.2, 0.25) is 0 Å². The number of fused-ring (bicyclic) bond motifs is 1. The van der Waals surface area contributed by atoms with Gasteiger partial charge in [-0.25, -0.2) is 0 Å². The first-order chi connectivity index (χ1) is 8.84. The molecule has 1 aromatic heterocycles. The summed E-state index contributed by atoms with van der Waals surface area (Å²) in [6, 6.07) is 14.1. The Labute approximate surface area is 117 Å². The maximum atomic E-state index is 3.77. The molecule has 0 amide bonds. The molecule has 0 spiro atoms. The molecular formula is C15H17NS2. The Morgan fingerprint density at radius 2 is 2.11 bits per heavy atom. The van der Waals surface area contributed by atoms with Crippen molar-refractivity contribution in [3.63, 3.8) is 0 Å². The highest BCUT2D eigenvalue weighted by atomic mass is 32.2. The Balaban J connectivity index is 1.78. The molecule has 0 aliphatic carbocycles. The van der Waals surface area contributed by atoms with Crippen LogP contribution in [0.5, 0.6) is 0 Å². The summed E-state index contributed by atoms with van der Waals surface area (Å²) in [5, 5.41) is 5.92. The molecule has 0 saturated carbocycles. The molecule has 1 nitrogen and oxygen atoms in total. The quantitative estimate of drug-likeness (QED) is 0.891. The summed E-state index contributed by atoms with van der Waals surface area (Å²) >= 11 is 3.86. The summed E-state index contributed by atoms with van der Waals surface area (Å²) < 4.78 is 0. The summed E-state index contributed by atoms with van der Waals surface area (Å²) in [6.07, 6.45) is 0. The number of rotatable bonds is 3. The molecule has 0 fully saturated rings. The molecule has 2 aromatic rings. The van der Waals surface area contributed by atoms with Crippen LogP contribution in [0.1, 0.15) is 35.0 Å². The predicted molar refractivity (Wildman–Crippen MR) is 81.2 cm³/mol. The molecule has 1 unspecified atom stereocenters. The Hall–Kier alpha value is -0.770. The minimum atomic E-state index is 0.432. The monoisotopic (exact) mass is 275 g/mol. The second kappa shape index (κ2) is 5.47. The second-order valence-electron chi connectivity index (χ2n) is 4.67. The van der Waals surface area contributed by atoms with Crippen LogP contribution in [-0.4, -0.2) is 5.75 Å². The minimum absolute atomic E-state index is 0.432. The average Bonchev–Trinajstić information content (AvgIpc) is 2.93. The molecule has 0 saturated heterocycles. The number of thiophene rings is 1. The van der Waals surface area contributed by atoms with Gasteiger partial charge in [-0.1, -0.05) is 30.3 Å². The summed E-state index contributed by atoms with van der Waals surface area (Å²) in [5.74, 6) is 2.33. The molecule has 0 radical (unpaired) electrons. The van der Waals surface area contributed by atoms with Crippen molar-refractivity contribution in [3.8, 4) is 0 Å². The van der Waals surface area contributed by atoms with Gasteiger partial charge >= 0.3 is 0 Å². The second-order valence-corrected chi connectivity index (χ2v) is 6.68. The van der Waals surface area contributed by atoms with Gasteiger partial charge in [0.1, 0.15) is 0 Å². The summed E-state index contributed by atoms with van der Waals surface area (Å²) in [7, 11) is 0. The topological polar surface area (TPSA) is 12.0 Å². The van der Waals surface area contributed by atoms with Crippen molar-refractivity contribution in [1.82, 2.24) is 5.32 Å². The number of hydrogen-bond donors (Lipinski definition) is 1. The molecule has 18 heavy (non-hydrogen) atoms. The van der Waals surface area contributed by atoms with Crippen LogP contribution in [0.3, 0.4) is 0 Å². The highest BCUT2D eigenvalue weighted by Crippen LogP contribution is 2.33. The summed E-state index contributed by atoms with van der Waals surface area (Å²) in [6.45, 7) is 2.26. The standard InChI is InChI=1S/C15H17NS2/c1-11(15-7-4-8-18-15)16-14-10-17-9-12-5-2-3-6-13(12)14/h2-8,11,14,16H,9-10H2,1H3/t11-,14?/m1/s1. The van der Waals surface area contributed by atoms with Gasteiger partial charge in [-0.2, -0.15) is 11.8 Å². The van der Waals surface area contributed by atoms with E-state index in [-0.39, 0.29) is 0 Å². The number of nitrogens with one attached hydrogen (secondary N) is 1. The first-order valence-electron chi connectivity index (χ1n) is 6.29. The number of benzene rings is 1. The van der Waals surface area contributed by atoms with Gasteiger partial charge in [0.2, 0.25) is 0 Å². The third-order valence-corrected chi connectivity index (χ3v) is 5.53. The molecule has 1 aromatic carbocycles. The normalized spacial score (nSPS) is 20.4. The van der Waals surface area contributed by atoms with Gasteiger partial charge in [-0.3, -0.25) is 0 Å². The maximum Gasteiger partial charge on any atom is 0.0420 e. The van der Waals surface area contributed by atoms with E-state index in [0.717, 1.165) is 5.75 Å². The molecule has 2 heterocycles. The van der Waals surface area contributed by atoms with Gasteiger partial charge in [0.25, 0.3) is 0 Å². The highest BCUT2D eigenvalue weighted by molar-refractivity contribution is 7.98. The smallest absolute Gasteiger partial charge is 0.0420 e. The number of hydrogen-bond acceptors (Lipinski definition) is 3. The van der Waals surface area contributed by atoms with Crippen LogP contribution in [0.25, 0.3) is 0 Å². The van der Waals surface area contributed by atoms with Crippen molar-refractivity contribution in [2.45, 2.75) is 24.8 Å². The van der Waals surface area contributed by atoms with Gasteiger partial charge in [-0.15, -0.1) is 11.3 Å². The largest absolute Gasteiger partial charge is 0.302 e. The van der Waals surface area contributed by atoms with E-state index in [1.807, 2.05) is 23.1 Å². The van der Waals surface area contributed by atoms with Crippen molar-refractivity contribution in [1.29, 1.82) is 0 Å². The molecule has 1 N–H and O–H groups in total. The van der Waals surface area contributed by atoms with Gasteiger partial charge in [0, 0.05) is 28.5 Å². The van der Waals surface area contributed by atoms with Crippen LogP contribution < -0.4 is 5.32 Å². The van der Waals surface area contributed by atoms with Crippen LogP contribution >= 0.6 is 23.1 Å². The molecule has 94 valence electrons. The zero-order chi connectivity index (χ0) is 12.4. The molecular weight excluding hydrogens is 258 g/mol. The van der Waals surface area contributed by atoms with Gasteiger partial charge in [0.15, 0.2) is 0 Å². The molecule has 3 heteroatoms. The molecule has 2 atom stereocenters. The third-order valence-electron chi connectivity index (χ3n) is 3.39. The lowest BCUT2D eigenvalue weighted by atomic mass is 10.0. The molecule has 1 aliphatic heterocycles. The lowest BCUT2D eigenvalue weighted by molar-refractivity contribution is 0.501. The zero-order valence-electron chi connectivity index (χ0n) is 10.4. The van der Waals surface area contributed by atoms with Crippen LogP contribution in [-0.2, 0) is 5.75 Å². The van der Waals surface area contributed by atoms with Crippen molar-refractivity contribution >= 4 is 23.1 Å². The number of thioether (sulfide) groups is 1. The Bertz CT molecular complexity index is 507. The molecule has 0 bridgehead atoms. The Morgan fingerprint density at radius 3 is 2.94 bits per heavy atom. The highest BCUT2D eigenvalue weighted by Gasteiger charge is 2.21. The maximum absolute atomic E-state index is 3.77. The lowest BCUT2D eigenvalue weighted by Crippen LogP contribution is -2.28. The fraction of sp³-hybridized carbons (Fsp3) is 0.333.